The van der Waals surface area contributed by atoms with Crippen molar-refractivity contribution in [2.45, 2.75) is 46.5 Å². The van der Waals surface area contributed by atoms with Gasteiger partial charge < -0.3 is 10.4 Å². The molecule has 4 nitrogen and oxygen atoms in total. The van der Waals surface area contributed by atoms with Crippen LogP contribution in [0.15, 0.2) is 6.07 Å². The molecule has 0 saturated heterocycles. The molecule has 1 aliphatic carbocycles. The SMILES string of the molecule is Cc1cc(C(=O)O)c(NC(=O)C2CCCCC2(C)C)s1. The Morgan fingerprint density at radius 1 is 1.40 bits per heavy atom. The first-order valence-corrected chi connectivity index (χ1v) is 7.77. The van der Waals surface area contributed by atoms with Gasteiger partial charge in [0.1, 0.15) is 5.00 Å². The van der Waals surface area contributed by atoms with E-state index in [1.165, 1.54) is 11.3 Å². The van der Waals surface area contributed by atoms with Crippen molar-refractivity contribution in [1.82, 2.24) is 0 Å². The number of carboxylic acid groups (broad SMARTS) is 1. The van der Waals surface area contributed by atoms with Crippen molar-refractivity contribution in [1.29, 1.82) is 0 Å². The van der Waals surface area contributed by atoms with Crippen LogP contribution in [-0.2, 0) is 4.79 Å². The number of carbonyl (C=O) groups excluding carboxylic acids is 1. The molecule has 1 amide bonds. The molecule has 5 heteroatoms. The fourth-order valence-electron chi connectivity index (χ4n) is 2.94. The molecule has 20 heavy (non-hydrogen) atoms. The minimum absolute atomic E-state index is 0.0158. The van der Waals surface area contributed by atoms with Crippen molar-refractivity contribution in [3.8, 4) is 0 Å². The van der Waals surface area contributed by atoms with Crippen LogP contribution in [0.4, 0.5) is 5.00 Å². The molecule has 1 aromatic heterocycles. The molecule has 1 fully saturated rings. The molecule has 1 aliphatic rings. The van der Waals surface area contributed by atoms with E-state index >= 15 is 0 Å². The lowest BCUT2D eigenvalue weighted by Crippen LogP contribution is -2.37. The van der Waals surface area contributed by atoms with Crippen molar-refractivity contribution >= 4 is 28.2 Å². The van der Waals surface area contributed by atoms with Crippen molar-refractivity contribution < 1.29 is 14.7 Å². The van der Waals surface area contributed by atoms with E-state index in [-0.39, 0.29) is 22.8 Å². The molecule has 1 heterocycles. The summed E-state index contributed by atoms with van der Waals surface area (Å²) in [5.74, 6) is -1.08. The predicted octanol–water partition coefficient (Wildman–Crippen LogP) is 3.91. The molecule has 1 unspecified atom stereocenters. The maximum absolute atomic E-state index is 12.5. The number of rotatable bonds is 3. The summed E-state index contributed by atoms with van der Waals surface area (Å²) >= 11 is 1.32. The van der Waals surface area contributed by atoms with Crippen molar-refractivity contribution in [3.63, 3.8) is 0 Å². The van der Waals surface area contributed by atoms with Gasteiger partial charge in [-0.3, -0.25) is 4.79 Å². The zero-order chi connectivity index (χ0) is 14.9. The van der Waals surface area contributed by atoms with Gasteiger partial charge in [0.25, 0.3) is 0 Å². The summed E-state index contributed by atoms with van der Waals surface area (Å²) in [6.45, 7) is 6.08. The quantitative estimate of drug-likeness (QED) is 0.888. The van der Waals surface area contributed by atoms with E-state index in [1.807, 2.05) is 6.92 Å². The normalized spacial score (nSPS) is 21.4. The van der Waals surface area contributed by atoms with Crippen LogP contribution < -0.4 is 5.32 Å². The van der Waals surface area contributed by atoms with E-state index in [1.54, 1.807) is 6.07 Å². The highest BCUT2D eigenvalue weighted by Crippen LogP contribution is 2.41. The molecule has 2 rings (SSSR count). The summed E-state index contributed by atoms with van der Waals surface area (Å²) in [4.78, 5) is 24.5. The summed E-state index contributed by atoms with van der Waals surface area (Å²) in [7, 11) is 0. The Bertz CT molecular complexity index is 533. The second-order valence-corrected chi connectivity index (χ2v) is 7.44. The van der Waals surface area contributed by atoms with Gasteiger partial charge in [-0.25, -0.2) is 4.79 Å². The van der Waals surface area contributed by atoms with Gasteiger partial charge in [-0.2, -0.15) is 0 Å². The number of hydrogen-bond donors (Lipinski definition) is 2. The molecule has 2 N–H and O–H groups in total. The molecule has 1 atom stereocenters. The second-order valence-electron chi connectivity index (χ2n) is 6.18. The third-order valence-corrected chi connectivity index (χ3v) is 5.11. The van der Waals surface area contributed by atoms with Gasteiger partial charge in [-0.05, 0) is 31.2 Å². The van der Waals surface area contributed by atoms with E-state index in [9.17, 15) is 9.59 Å². The molecule has 0 aromatic carbocycles. The van der Waals surface area contributed by atoms with Crippen LogP contribution in [0.5, 0.6) is 0 Å². The zero-order valence-electron chi connectivity index (χ0n) is 12.2. The van der Waals surface area contributed by atoms with Crippen LogP contribution in [0.1, 0.15) is 54.8 Å². The first-order valence-electron chi connectivity index (χ1n) is 6.96. The molecule has 0 spiro atoms. The first-order chi connectivity index (χ1) is 9.31. The zero-order valence-corrected chi connectivity index (χ0v) is 13.0. The summed E-state index contributed by atoms with van der Waals surface area (Å²) < 4.78 is 0. The van der Waals surface area contributed by atoms with Gasteiger partial charge in [0.05, 0.1) is 5.56 Å². The maximum Gasteiger partial charge on any atom is 0.338 e. The van der Waals surface area contributed by atoms with Crippen molar-refractivity contribution in [2.24, 2.45) is 11.3 Å². The third kappa shape index (κ3) is 3.03. The Hall–Kier alpha value is -1.36. The van der Waals surface area contributed by atoms with E-state index in [0.717, 1.165) is 30.6 Å². The second kappa shape index (κ2) is 5.56. The van der Waals surface area contributed by atoms with Crippen molar-refractivity contribution in [3.05, 3.63) is 16.5 Å². The molecule has 110 valence electrons. The van der Waals surface area contributed by atoms with E-state index < -0.39 is 5.97 Å². The lowest BCUT2D eigenvalue weighted by Gasteiger charge is -2.37. The highest BCUT2D eigenvalue weighted by molar-refractivity contribution is 7.16. The molecule has 1 saturated carbocycles. The summed E-state index contributed by atoms with van der Waals surface area (Å²) in [5, 5.41) is 12.5. The van der Waals surface area contributed by atoms with Gasteiger partial charge in [-0.15, -0.1) is 11.3 Å². The minimum Gasteiger partial charge on any atom is -0.478 e. The Balaban J connectivity index is 2.17. The van der Waals surface area contributed by atoms with E-state index in [2.05, 4.69) is 19.2 Å². The number of nitrogens with one attached hydrogen (secondary N) is 1. The molecule has 0 bridgehead atoms. The fraction of sp³-hybridized carbons (Fsp3) is 0.600. The number of aromatic carboxylic acids is 1. The molecule has 0 radical (unpaired) electrons. The number of aryl methyl sites for hydroxylation is 1. The molecular formula is C15H21NO3S. The van der Waals surface area contributed by atoms with Gasteiger partial charge in [0.15, 0.2) is 0 Å². The number of hydrogen-bond acceptors (Lipinski definition) is 3. The summed E-state index contributed by atoms with van der Waals surface area (Å²) in [6.07, 6.45) is 4.15. The highest BCUT2D eigenvalue weighted by Gasteiger charge is 2.37. The summed E-state index contributed by atoms with van der Waals surface area (Å²) in [6, 6.07) is 1.61. The summed E-state index contributed by atoms with van der Waals surface area (Å²) in [5.41, 5.74) is 0.173. The van der Waals surface area contributed by atoms with Crippen LogP contribution in [0.2, 0.25) is 0 Å². The fourth-order valence-corrected chi connectivity index (χ4v) is 3.85. The molecule has 1 aromatic rings. The largest absolute Gasteiger partial charge is 0.478 e. The van der Waals surface area contributed by atoms with Gasteiger partial charge in [0.2, 0.25) is 5.91 Å². The first kappa shape index (κ1) is 15.0. The number of anilines is 1. The Morgan fingerprint density at radius 2 is 2.10 bits per heavy atom. The number of amides is 1. The highest BCUT2D eigenvalue weighted by atomic mass is 32.1. The average Bonchev–Trinajstić information content (AvgIpc) is 2.69. The van der Waals surface area contributed by atoms with Crippen LogP contribution in [0, 0.1) is 18.3 Å². The Labute approximate surface area is 123 Å². The maximum atomic E-state index is 12.5. The number of thiophene rings is 1. The van der Waals surface area contributed by atoms with E-state index in [4.69, 9.17) is 5.11 Å². The minimum atomic E-state index is -0.993. The lowest BCUT2D eigenvalue weighted by atomic mass is 9.68. The Kier molecular flexibility index (Phi) is 4.18. The van der Waals surface area contributed by atoms with Crippen molar-refractivity contribution in [2.75, 3.05) is 5.32 Å². The lowest BCUT2D eigenvalue weighted by molar-refractivity contribution is -0.124. The van der Waals surface area contributed by atoms with Crippen LogP contribution in [0.3, 0.4) is 0 Å². The molecule has 0 aliphatic heterocycles. The predicted molar refractivity (Wildman–Crippen MR) is 80.4 cm³/mol. The molecular weight excluding hydrogens is 274 g/mol. The Morgan fingerprint density at radius 3 is 2.70 bits per heavy atom. The number of carbonyl (C=O) groups is 2. The van der Waals surface area contributed by atoms with Crippen LogP contribution in [0.25, 0.3) is 0 Å². The third-order valence-electron chi connectivity index (χ3n) is 4.15. The van der Waals surface area contributed by atoms with Crippen LogP contribution in [-0.4, -0.2) is 17.0 Å². The smallest absolute Gasteiger partial charge is 0.338 e. The topological polar surface area (TPSA) is 66.4 Å². The standard InChI is InChI=1S/C15H21NO3S/c1-9-8-10(14(18)19)13(20-9)16-12(17)11-6-4-5-7-15(11,2)3/h8,11H,4-7H2,1-3H3,(H,16,17)(H,18,19). The van der Waals surface area contributed by atoms with Gasteiger partial charge in [0, 0.05) is 10.8 Å². The van der Waals surface area contributed by atoms with Crippen LogP contribution >= 0.6 is 11.3 Å². The van der Waals surface area contributed by atoms with E-state index in [0.29, 0.717) is 5.00 Å². The van der Waals surface area contributed by atoms with Gasteiger partial charge in [-0.1, -0.05) is 26.7 Å². The monoisotopic (exact) mass is 295 g/mol. The number of carboxylic acids is 1. The van der Waals surface area contributed by atoms with Gasteiger partial charge >= 0.3 is 5.97 Å². The average molecular weight is 295 g/mol.